The van der Waals surface area contributed by atoms with Gasteiger partial charge in [0.05, 0.1) is 29.4 Å². The Hall–Kier alpha value is -1.26. The van der Waals surface area contributed by atoms with Gasteiger partial charge in [-0.15, -0.1) is 0 Å². The average molecular weight is 288 g/mol. The molecular formula is C12H11Cl2NO3. The highest BCUT2D eigenvalue weighted by Crippen LogP contribution is 2.22. The number of carbonyl (C=O) groups excluding carboxylic acids is 2. The third-order valence-electron chi connectivity index (χ3n) is 2.57. The van der Waals surface area contributed by atoms with Crippen LogP contribution in [0.3, 0.4) is 0 Å². The van der Waals surface area contributed by atoms with Gasteiger partial charge in [-0.1, -0.05) is 29.3 Å². The van der Waals surface area contributed by atoms with Crippen molar-refractivity contribution in [2.45, 2.75) is 18.9 Å². The third-order valence-corrected chi connectivity index (χ3v) is 3.31. The Balaban J connectivity index is 1.79. The minimum absolute atomic E-state index is 0.142. The summed E-state index contributed by atoms with van der Waals surface area (Å²) in [6, 6.07) is 5.06. The molecule has 1 fully saturated rings. The molecule has 0 bridgehead atoms. The second kappa shape index (κ2) is 5.59. The highest BCUT2D eigenvalue weighted by Gasteiger charge is 2.28. The van der Waals surface area contributed by atoms with Crippen LogP contribution in [0, 0.1) is 0 Å². The Morgan fingerprint density at radius 3 is 2.72 bits per heavy atom. The molecule has 0 radical (unpaired) electrons. The predicted molar refractivity (Wildman–Crippen MR) is 67.7 cm³/mol. The summed E-state index contributed by atoms with van der Waals surface area (Å²) in [4.78, 5) is 22.2. The molecule has 0 spiro atoms. The topological polar surface area (TPSA) is 55.4 Å². The van der Waals surface area contributed by atoms with E-state index < -0.39 is 0 Å². The number of carbonyl (C=O) groups is 2. The van der Waals surface area contributed by atoms with E-state index in [1.165, 1.54) is 0 Å². The fraction of sp³-hybridized carbons (Fsp3) is 0.333. The molecule has 1 amide bonds. The first-order valence-corrected chi connectivity index (χ1v) is 6.20. The average Bonchev–Trinajstić information content (AvgIpc) is 2.28. The lowest BCUT2D eigenvalue weighted by Crippen LogP contribution is -2.43. The largest absolute Gasteiger partial charge is 0.460 e. The summed E-state index contributed by atoms with van der Waals surface area (Å²) in [6.07, 6.45) is 0.403. The number of halogens is 2. The fourth-order valence-electron chi connectivity index (χ4n) is 1.60. The molecule has 1 heterocycles. The molecule has 0 aliphatic carbocycles. The smallest absolute Gasteiger partial charge is 0.309 e. The standard InChI is InChI=1S/C12H11Cl2NO3/c13-9-2-1-7(3-10(9)14)4-11(16)15-6-8-5-12(17)18-8/h1-3,8H,4-6H2,(H,15,16). The first-order valence-electron chi connectivity index (χ1n) is 5.44. The van der Waals surface area contributed by atoms with E-state index >= 15 is 0 Å². The Bertz CT molecular complexity index is 482. The Morgan fingerprint density at radius 2 is 2.11 bits per heavy atom. The summed E-state index contributed by atoms with van der Waals surface area (Å²) in [6.45, 7) is 0.353. The molecule has 96 valence electrons. The maximum absolute atomic E-state index is 11.6. The van der Waals surface area contributed by atoms with Gasteiger partial charge in [0.15, 0.2) is 0 Å². The molecule has 2 rings (SSSR count). The van der Waals surface area contributed by atoms with Crippen molar-refractivity contribution >= 4 is 35.1 Å². The van der Waals surface area contributed by atoms with Gasteiger partial charge in [0.1, 0.15) is 6.10 Å². The first-order chi connectivity index (χ1) is 8.54. The maximum Gasteiger partial charge on any atom is 0.309 e. The molecule has 1 aromatic carbocycles. The van der Waals surface area contributed by atoms with Gasteiger partial charge in [-0.05, 0) is 17.7 Å². The van der Waals surface area contributed by atoms with Gasteiger partial charge >= 0.3 is 5.97 Å². The van der Waals surface area contributed by atoms with E-state index in [0.717, 1.165) is 5.56 Å². The molecule has 0 aromatic heterocycles. The van der Waals surface area contributed by atoms with Gasteiger partial charge in [-0.25, -0.2) is 0 Å². The lowest BCUT2D eigenvalue weighted by Gasteiger charge is -2.25. The number of esters is 1. The number of hydrogen-bond donors (Lipinski definition) is 1. The van der Waals surface area contributed by atoms with Crippen LogP contribution < -0.4 is 5.32 Å². The zero-order valence-corrected chi connectivity index (χ0v) is 10.9. The van der Waals surface area contributed by atoms with Crippen molar-refractivity contribution in [3.63, 3.8) is 0 Å². The highest BCUT2D eigenvalue weighted by molar-refractivity contribution is 6.42. The zero-order valence-electron chi connectivity index (χ0n) is 9.41. The molecule has 1 aliphatic rings. The Morgan fingerprint density at radius 1 is 1.39 bits per heavy atom. The second-order valence-electron chi connectivity index (χ2n) is 4.05. The van der Waals surface area contributed by atoms with Crippen LogP contribution in [0.5, 0.6) is 0 Å². The van der Waals surface area contributed by atoms with Crippen molar-refractivity contribution in [2.75, 3.05) is 6.54 Å². The molecule has 1 unspecified atom stereocenters. The molecule has 1 aliphatic heterocycles. The zero-order chi connectivity index (χ0) is 13.1. The quantitative estimate of drug-likeness (QED) is 0.862. The van der Waals surface area contributed by atoms with Crippen molar-refractivity contribution in [3.05, 3.63) is 33.8 Å². The van der Waals surface area contributed by atoms with E-state index in [2.05, 4.69) is 5.32 Å². The second-order valence-corrected chi connectivity index (χ2v) is 4.86. The fourth-order valence-corrected chi connectivity index (χ4v) is 1.92. The maximum atomic E-state index is 11.6. The first kappa shape index (κ1) is 13.2. The van der Waals surface area contributed by atoms with E-state index in [9.17, 15) is 9.59 Å². The number of cyclic esters (lactones) is 1. The number of ether oxygens (including phenoxy) is 1. The van der Waals surface area contributed by atoms with Crippen LogP contribution in [0.2, 0.25) is 10.0 Å². The predicted octanol–water partition coefficient (Wildman–Crippen LogP) is 1.97. The third kappa shape index (κ3) is 3.37. The molecule has 18 heavy (non-hydrogen) atoms. The summed E-state index contributed by atoms with van der Waals surface area (Å²) < 4.78 is 4.78. The Labute approximate surface area is 114 Å². The SMILES string of the molecule is O=C(Cc1ccc(Cl)c(Cl)c1)NCC1CC(=O)O1. The van der Waals surface area contributed by atoms with Gasteiger partial charge < -0.3 is 10.1 Å². The molecule has 4 nitrogen and oxygen atoms in total. The summed E-state index contributed by atoms with van der Waals surface area (Å²) in [5.74, 6) is -0.366. The lowest BCUT2D eigenvalue weighted by molar-refractivity contribution is -0.169. The van der Waals surface area contributed by atoms with Crippen molar-refractivity contribution in [3.8, 4) is 0 Å². The molecule has 1 atom stereocenters. The van der Waals surface area contributed by atoms with Crippen LogP contribution in [0.25, 0.3) is 0 Å². The van der Waals surface area contributed by atoms with E-state index in [0.29, 0.717) is 23.0 Å². The van der Waals surface area contributed by atoms with Crippen molar-refractivity contribution < 1.29 is 14.3 Å². The molecule has 1 aromatic rings. The number of amides is 1. The number of rotatable bonds is 4. The van der Waals surface area contributed by atoms with Gasteiger partial charge in [0.2, 0.25) is 5.91 Å². The summed E-state index contributed by atoms with van der Waals surface area (Å²) in [7, 11) is 0. The van der Waals surface area contributed by atoms with E-state index in [-0.39, 0.29) is 24.4 Å². The van der Waals surface area contributed by atoms with Crippen LogP contribution in [0.1, 0.15) is 12.0 Å². The van der Waals surface area contributed by atoms with Gasteiger partial charge in [-0.3, -0.25) is 9.59 Å². The summed E-state index contributed by atoms with van der Waals surface area (Å²) >= 11 is 11.6. The van der Waals surface area contributed by atoms with Crippen molar-refractivity contribution in [1.82, 2.24) is 5.32 Å². The molecule has 6 heteroatoms. The van der Waals surface area contributed by atoms with E-state index in [1.54, 1.807) is 18.2 Å². The van der Waals surface area contributed by atoms with Gasteiger partial charge in [-0.2, -0.15) is 0 Å². The number of hydrogen-bond acceptors (Lipinski definition) is 3. The van der Waals surface area contributed by atoms with Crippen LogP contribution in [-0.2, 0) is 20.7 Å². The number of benzene rings is 1. The summed E-state index contributed by atoms with van der Waals surface area (Å²) in [5.41, 5.74) is 0.785. The molecule has 1 N–H and O–H groups in total. The lowest BCUT2D eigenvalue weighted by atomic mass is 10.1. The van der Waals surface area contributed by atoms with Crippen LogP contribution in [0.15, 0.2) is 18.2 Å². The monoisotopic (exact) mass is 287 g/mol. The van der Waals surface area contributed by atoms with Crippen LogP contribution >= 0.6 is 23.2 Å². The number of nitrogens with one attached hydrogen (secondary N) is 1. The van der Waals surface area contributed by atoms with E-state index in [1.807, 2.05) is 0 Å². The van der Waals surface area contributed by atoms with Crippen molar-refractivity contribution in [2.24, 2.45) is 0 Å². The van der Waals surface area contributed by atoms with Crippen LogP contribution in [0.4, 0.5) is 0 Å². The Kier molecular flexibility index (Phi) is 4.09. The van der Waals surface area contributed by atoms with E-state index in [4.69, 9.17) is 27.9 Å². The normalized spacial score (nSPS) is 17.9. The van der Waals surface area contributed by atoms with Crippen LogP contribution in [-0.4, -0.2) is 24.5 Å². The molecule has 0 saturated carbocycles. The molecular weight excluding hydrogens is 277 g/mol. The highest BCUT2D eigenvalue weighted by atomic mass is 35.5. The van der Waals surface area contributed by atoms with Crippen molar-refractivity contribution in [1.29, 1.82) is 0 Å². The van der Waals surface area contributed by atoms with Gasteiger partial charge in [0, 0.05) is 0 Å². The van der Waals surface area contributed by atoms with Gasteiger partial charge in [0.25, 0.3) is 0 Å². The minimum Gasteiger partial charge on any atom is -0.460 e. The molecule has 1 saturated heterocycles. The summed E-state index contributed by atoms with van der Waals surface area (Å²) in [5, 5.41) is 3.58. The minimum atomic E-state index is -0.223.